The Morgan fingerprint density at radius 1 is 1.06 bits per heavy atom. The summed E-state index contributed by atoms with van der Waals surface area (Å²) in [7, 11) is 0. The van der Waals surface area contributed by atoms with Crippen LogP contribution >= 0.6 is 22.9 Å². The van der Waals surface area contributed by atoms with Gasteiger partial charge >= 0.3 is 0 Å². The van der Waals surface area contributed by atoms with Gasteiger partial charge in [0.05, 0.1) is 11.6 Å². The molecule has 1 aliphatic rings. The second-order valence-corrected chi connectivity index (χ2v) is 9.04. The summed E-state index contributed by atoms with van der Waals surface area (Å²) in [6.07, 6.45) is 2.52. The second-order valence-electron chi connectivity index (χ2n) is 7.62. The third kappa shape index (κ3) is 3.51. The fourth-order valence-corrected chi connectivity index (χ4v) is 5.17. The van der Waals surface area contributed by atoms with E-state index in [1.165, 1.54) is 11.3 Å². The number of halogens is 1. The maximum absolute atomic E-state index is 13.0. The van der Waals surface area contributed by atoms with Crippen molar-refractivity contribution < 1.29 is 14.7 Å². The Morgan fingerprint density at radius 3 is 2.59 bits per heavy atom. The largest absolute Gasteiger partial charge is 0.507 e. The standard InChI is InChI=1S/C25H19ClN2O3S/c26-17-9-7-15(8-10-17)23(29)21-22(20-6-3-13-32-20)28(25(31)24(21)30)12-11-16-14-27-19-5-2-1-4-18(16)19/h1-10,13-14,22,27,29H,11-12H2/b23-21-. The van der Waals surface area contributed by atoms with E-state index in [4.69, 9.17) is 11.6 Å². The van der Waals surface area contributed by atoms with E-state index in [0.717, 1.165) is 21.3 Å². The Bertz CT molecular complexity index is 1340. The lowest BCUT2D eigenvalue weighted by molar-refractivity contribution is -0.139. The highest BCUT2D eigenvalue weighted by atomic mass is 35.5. The SMILES string of the molecule is O=C1C(=O)N(CCc2c[nH]c3ccccc23)C(c2cccs2)/C1=C(/O)c1ccc(Cl)cc1. The molecule has 5 rings (SSSR count). The topological polar surface area (TPSA) is 73.4 Å². The number of aromatic nitrogens is 1. The number of rotatable bonds is 5. The number of para-hydroxylation sites is 1. The molecule has 7 heteroatoms. The zero-order chi connectivity index (χ0) is 22.2. The summed E-state index contributed by atoms with van der Waals surface area (Å²) in [5, 5.41) is 14.5. The predicted octanol–water partition coefficient (Wildman–Crippen LogP) is 5.55. The number of aromatic amines is 1. The molecule has 2 aromatic carbocycles. The molecule has 3 heterocycles. The van der Waals surface area contributed by atoms with Crippen LogP contribution in [-0.4, -0.2) is 33.2 Å². The van der Waals surface area contributed by atoms with E-state index in [9.17, 15) is 14.7 Å². The number of aliphatic hydroxyl groups is 1. The fourth-order valence-electron chi connectivity index (χ4n) is 4.20. The fraction of sp³-hybridized carbons (Fsp3) is 0.120. The van der Waals surface area contributed by atoms with Crippen molar-refractivity contribution >= 4 is 51.3 Å². The number of fused-ring (bicyclic) bond motifs is 1. The quantitative estimate of drug-likeness (QED) is 0.232. The van der Waals surface area contributed by atoms with Crippen molar-refractivity contribution in [1.29, 1.82) is 0 Å². The molecule has 160 valence electrons. The number of hydrogen-bond donors (Lipinski definition) is 2. The van der Waals surface area contributed by atoms with E-state index >= 15 is 0 Å². The molecule has 0 aliphatic carbocycles. The average molecular weight is 463 g/mol. The highest BCUT2D eigenvalue weighted by molar-refractivity contribution is 7.10. The summed E-state index contributed by atoms with van der Waals surface area (Å²) < 4.78 is 0. The summed E-state index contributed by atoms with van der Waals surface area (Å²) in [4.78, 5) is 31.7. The van der Waals surface area contributed by atoms with Crippen LogP contribution in [0.1, 0.15) is 22.0 Å². The number of ketones is 1. The molecule has 1 saturated heterocycles. The van der Waals surface area contributed by atoms with E-state index in [1.54, 1.807) is 29.2 Å². The second kappa shape index (κ2) is 8.30. The zero-order valence-electron chi connectivity index (χ0n) is 16.9. The summed E-state index contributed by atoms with van der Waals surface area (Å²) in [5.74, 6) is -1.46. The van der Waals surface area contributed by atoms with Crippen LogP contribution < -0.4 is 0 Å². The van der Waals surface area contributed by atoms with Crippen LogP contribution in [0.15, 0.2) is 77.8 Å². The lowest BCUT2D eigenvalue weighted by Crippen LogP contribution is -2.31. The number of carbonyl (C=O) groups excluding carboxylic acids is 2. The molecule has 4 aromatic rings. The summed E-state index contributed by atoms with van der Waals surface area (Å²) in [6.45, 7) is 0.354. The molecule has 1 amide bonds. The molecule has 1 aliphatic heterocycles. The van der Waals surface area contributed by atoms with Gasteiger partial charge < -0.3 is 15.0 Å². The van der Waals surface area contributed by atoms with E-state index in [1.807, 2.05) is 48.0 Å². The molecule has 1 atom stereocenters. The number of aliphatic hydroxyl groups excluding tert-OH is 1. The van der Waals surface area contributed by atoms with Crippen molar-refractivity contribution in [2.75, 3.05) is 6.54 Å². The first kappa shape index (κ1) is 20.5. The summed E-state index contributed by atoms with van der Waals surface area (Å²) >= 11 is 7.42. The van der Waals surface area contributed by atoms with Crippen LogP contribution in [-0.2, 0) is 16.0 Å². The molecule has 0 spiro atoms. The average Bonchev–Trinajstić information content (AvgIpc) is 3.52. The predicted molar refractivity (Wildman–Crippen MR) is 127 cm³/mol. The molecule has 0 bridgehead atoms. The van der Waals surface area contributed by atoms with E-state index in [0.29, 0.717) is 23.6 Å². The lowest BCUT2D eigenvalue weighted by atomic mass is 10.00. The Kier molecular flexibility index (Phi) is 5.33. The maximum Gasteiger partial charge on any atom is 0.295 e. The molecule has 0 saturated carbocycles. The van der Waals surface area contributed by atoms with Crippen molar-refractivity contribution in [2.24, 2.45) is 0 Å². The zero-order valence-corrected chi connectivity index (χ0v) is 18.5. The van der Waals surface area contributed by atoms with Crippen LogP contribution in [0.2, 0.25) is 5.02 Å². The van der Waals surface area contributed by atoms with Crippen LogP contribution in [0.25, 0.3) is 16.7 Å². The number of hydrogen-bond acceptors (Lipinski definition) is 4. The summed E-state index contributed by atoms with van der Waals surface area (Å²) in [6, 6.07) is 17.7. The summed E-state index contributed by atoms with van der Waals surface area (Å²) in [5.41, 5.74) is 2.66. The van der Waals surface area contributed by atoms with Gasteiger partial charge in [-0.3, -0.25) is 9.59 Å². The molecule has 2 aromatic heterocycles. The molecule has 5 nitrogen and oxygen atoms in total. The number of H-pyrrole nitrogens is 1. The normalized spacial score (nSPS) is 18.0. The molecule has 0 radical (unpaired) electrons. The number of likely N-dealkylation sites (tertiary alicyclic amines) is 1. The van der Waals surface area contributed by atoms with Crippen LogP contribution in [0.5, 0.6) is 0 Å². The number of carbonyl (C=O) groups is 2. The Morgan fingerprint density at radius 2 is 1.84 bits per heavy atom. The number of Topliss-reactive ketones (excluding diaryl/α,β-unsaturated/α-hetero) is 1. The van der Waals surface area contributed by atoms with Crippen molar-refractivity contribution in [3.05, 3.63) is 98.8 Å². The minimum atomic E-state index is -0.672. The van der Waals surface area contributed by atoms with E-state index < -0.39 is 17.7 Å². The van der Waals surface area contributed by atoms with Crippen LogP contribution in [0, 0.1) is 0 Å². The van der Waals surface area contributed by atoms with Crippen molar-refractivity contribution in [3.8, 4) is 0 Å². The monoisotopic (exact) mass is 462 g/mol. The van der Waals surface area contributed by atoms with Gasteiger partial charge in [0, 0.05) is 39.1 Å². The molecule has 2 N–H and O–H groups in total. The van der Waals surface area contributed by atoms with Crippen molar-refractivity contribution in [3.63, 3.8) is 0 Å². The minimum absolute atomic E-state index is 0.110. The maximum atomic E-state index is 13.0. The molecule has 32 heavy (non-hydrogen) atoms. The smallest absolute Gasteiger partial charge is 0.295 e. The van der Waals surface area contributed by atoms with Gasteiger partial charge in [-0.1, -0.05) is 35.9 Å². The first-order valence-corrected chi connectivity index (χ1v) is 11.4. The number of nitrogens with zero attached hydrogens (tertiary/aromatic N) is 1. The molecule has 1 unspecified atom stereocenters. The molecular formula is C25H19ClN2O3S. The third-order valence-electron chi connectivity index (χ3n) is 5.77. The minimum Gasteiger partial charge on any atom is -0.507 e. The van der Waals surface area contributed by atoms with Gasteiger partial charge in [-0.05, 0) is 53.8 Å². The van der Waals surface area contributed by atoms with Crippen LogP contribution in [0.4, 0.5) is 0 Å². The van der Waals surface area contributed by atoms with Gasteiger partial charge in [0.2, 0.25) is 0 Å². The van der Waals surface area contributed by atoms with Gasteiger partial charge in [-0.2, -0.15) is 0 Å². The highest BCUT2D eigenvalue weighted by Crippen LogP contribution is 2.41. The van der Waals surface area contributed by atoms with Gasteiger partial charge in [-0.25, -0.2) is 0 Å². The Labute approximate surface area is 193 Å². The number of benzene rings is 2. The van der Waals surface area contributed by atoms with Gasteiger partial charge in [0.1, 0.15) is 5.76 Å². The first-order chi connectivity index (χ1) is 15.5. The third-order valence-corrected chi connectivity index (χ3v) is 6.94. The van der Waals surface area contributed by atoms with Gasteiger partial charge in [-0.15, -0.1) is 11.3 Å². The van der Waals surface area contributed by atoms with Crippen LogP contribution in [0.3, 0.4) is 0 Å². The lowest BCUT2D eigenvalue weighted by Gasteiger charge is -2.24. The highest BCUT2D eigenvalue weighted by Gasteiger charge is 2.46. The Hall–Kier alpha value is -3.35. The van der Waals surface area contributed by atoms with Crippen molar-refractivity contribution in [2.45, 2.75) is 12.5 Å². The van der Waals surface area contributed by atoms with Gasteiger partial charge in [0.25, 0.3) is 11.7 Å². The van der Waals surface area contributed by atoms with E-state index in [-0.39, 0.29) is 11.3 Å². The number of nitrogens with one attached hydrogen (secondary N) is 1. The Balaban J connectivity index is 1.53. The molecular weight excluding hydrogens is 444 g/mol. The molecule has 1 fully saturated rings. The number of amides is 1. The van der Waals surface area contributed by atoms with Crippen molar-refractivity contribution in [1.82, 2.24) is 9.88 Å². The number of thiophene rings is 1. The van der Waals surface area contributed by atoms with E-state index in [2.05, 4.69) is 4.98 Å². The van der Waals surface area contributed by atoms with Gasteiger partial charge in [0.15, 0.2) is 0 Å². The first-order valence-electron chi connectivity index (χ1n) is 10.2.